The van der Waals surface area contributed by atoms with Gasteiger partial charge in [-0.05, 0) is 6.42 Å². The number of carbonyl (C=O) groups is 1. The molecule has 0 aliphatic rings. The van der Waals surface area contributed by atoms with Crippen molar-refractivity contribution in [2.75, 3.05) is 0 Å². The number of carboxylic acid groups (broad SMARTS) is 1. The zero-order valence-electron chi connectivity index (χ0n) is 9.79. The molecule has 0 aliphatic heterocycles. The van der Waals surface area contributed by atoms with E-state index in [-0.39, 0.29) is 18.0 Å². The third-order valence-electron chi connectivity index (χ3n) is 2.29. The summed E-state index contributed by atoms with van der Waals surface area (Å²) in [5, 5.41) is 23.4. The van der Waals surface area contributed by atoms with E-state index in [1.54, 1.807) is 0 Å². The van der Waals surface area contributed by atoms with Gasteiger partial charge in [0.1, 0.15) is 11.9 Å². The molecular formula is C10H15N3O4. The van der Waals surface area contributed by atoms with Crippen molar-refractivity contribution in [3.05, 3.63) is 22.0 Å². The molecule has 0 saturated carbocycles. The molecule has 0 saturated heterocycles. The summed E-state index contributed by atoms with van der Waals surface area (Å²) >= 11 is 0. The van der Waals surface area contributed by atoms with Crippen LogP contribution < -0.4 is 0 Å². The number of hydrogen-bond donors (Lipinski definition) is 1. The van der Waals surface area contributed by atoms with Crippen LogP contribution in [0.5, 0.6) is 0 Å². The largest absolute Gasteiger partial charge is 0.481 e. The summed E-state index contributed by atoms with van der Waals surface area (Å²) < 4.78 is 1.44. The Morgan fingerprint density at radius 2 is 2.29 bits per heavy atom. The van der Waals surface area contributed by atoms with Crippen LogP contribution in [0.15, 0.2) is 6.20 Å². The Balaban J connectivity index is 2.78. The third kappa shape index (κ3) is 3.54. The number of nitrogens with zero attached hydrogens (tertiary/aromatic N) is 3. The van der Waals surface area contributed by atoms with E-state index in [0.29, 0.717) is 18.7 Å². The Hall–Kier alpha value is -1.92. The van der Waals surface area contributed by atoms with Crippen molar-refractivity contribution >= 4 is 11.7 Å². The Bertz CT molecular complexity index is 425. The van der Waals surface area contributed by atoms with Crippen molar-refractivity contribution in [3.8, 4) is 0 Å². The molecule has 1 rings (SSSR count). The highest BCUT2D eigenvalue weighted by Gasteiger charge is 2.21. The number of carboxylic acids is 1. The fourth-order valence-electron chi connectivity index (χ4n) is 1.48. The smallest absolute Gasteiger partial charge is 0.310 e. The Labute approximate surface area is 98.2 Å². The van der Waals surface area contributed by atoms with Crippen LogP contribution in [0.4, 0.5) is 5.69 Å². The van der Waals surface area contributed by atoms with Crippen molar-refractivity contribution < 1.29 is 14.8 Å². The fourth-order valence-corrected chi connectivity index (χ4v) is 1.48. The molecule has 1 aromatic rings. The Morgan fingerprint density at radius 3 is 2.71 bits per heavy atom. The normalized spacial score (nSPS) is 10.8. The minimum Gasteiger partial charge on any atom is -0.481 e. The van der Waals surface area contributed by atoms with Crippen LogP contribution >= 0.6 is 0 Å². The molecule has 0 aliphatic carbocycles. The van der Waals surface area contributed by atoms with Gasteiger partial charge in [0.25, 0.3) is 0 Å². The topological polar surface area (TPSA) is 98.3 Å². The predicted molar refractivity (Wildman–Crippen MR) is 59.8 cm³/mol. The average molecular weight is 241 g/mol. The van der Waals surface area contributed by atoms with E-state index in [2.05, 4.69) is 5.10 Å². The van der Waals surface area contributed by atoms with E-state index in [1.165, 1.54) is 10.9 Å². The minimum atomic E-state index is -0.879. The van der Waals surface area contributed by atoms with Crippen molar-refractivity contribution in [1.82, 2.24) is 9.78 Å². The molecule has 0 aromatic carbocycles. The van der Waals surface area contributed by atoms with Crippen LogP contribution in [-0.4, -0.2) is 25.8 Å². The maximum atomic E-state index is 10.8. The first-order valence-electron chi connectivity index (χ1n) is 5.35. The average Bonchev–Trinajstić information content (AvgIpc) is 2.61. The van der Waals surface area contributed by atoms with Crippen LogP contribution in [-0.2, 0) is 11.3 Å². The Morgan fingerprint density at radius 1 is 1.65 bits per heavy atom. The van der Waals surface area contributed by atoms with E-state index in [1.807, 2.05) is 13.8 Å². The van der Waals surface area contributed by atoms with Crippen LogP contribution in [0.25, 0.3) is 0 Å². The summed E-state index contributed by atoms with van der Waals surface area (Å²) in [4.78, 5) is 20.7. The number of aliphatic carboxylic acids is 1. The van der Waals surface area contributed by atoms with Gasteiger partial charge in [0.15, 0.2) is 0 Å². The van der Waals surface area contributed by atoms with E-state index < -0.39 is 10.9 Å². The highest BCUT2D eigenvalue weighted by Crippen LogP contribution is 2.24. The third-order valence-corrected chi connectivity index (χ3v) is 2.29. The Kier molecular flexibility index (Phi) is 4.19. The quantitative estimate of drug-likeness (QED) is 0.604. The molecule has 7 heteroatoms. The molecule has 0 spiro atoms. The van der Waals surface area contributed by atoms with Gasteiger partial charge in [-0.15, -0.1) is 0 Å². The van der Waals surface area contributed by atoms with Gasteiger partial charge in [0, 0.05) is 18.9 Å². The van der Waals surface area contributed by atoms with Crippen LogP contribution in [0.2, 0.25) is 0 Å². The molecule has 0 radical (unpaired) electrons. The van der Waals surface area contributed by atoms with Crippen molar-refractivity contribution in [2.24, 2.45) is 0 Å². The zero-order chi connectivity index (χ0) is 13.0. The number of nitro groups is 1. The fraction of sp³-hybridized carbons (Fsp3) is 0.600. The van der Waals surface area contributed by atoms with Gasteiger partial charge in [-0.25, -0.2) is 0 Å². The van der Waals surface area contributed by atoms with Gasteiger partial charge in [-0.1, -0.05) is 13.8 Å². The van der Waals surface area contributed by atoms with Crippen molar-refractivity contribution in [1.29, 1.82) is 0 Å². The lowest BCUT2D eigenvalue weighted by Gasteiger charge is -1.99. The predicted octanol–water partition coefficient (Wildman–Crippen LogP) is 1.78. The standard InChI is InChI=1S/C10H15N3O4/c1-7(2)10-8(13(16)17)6-12(11-10)5-3-4-9(14)15/h6-7H,3-5H2,1-2H3,(H,14,15). The van der Waals surface area contributed by atoms with E-state index in [4.69, 9.17) is 5.11 Å². The molecule has 1 aromatic heterocycles. The lowest BCUT2D eigenvalue weighted by atomic mass is 10.1. The SMILES string of the molecule is CC(C)c1nn(CCCC(=O)O)cc1[N+](=O)[O-]. The molecule has 0 atom stereocenters. The monoisotopic (exact) mass is 241 g/mol. The molecule has 0 bridgehead atoms. The summed E-state index contributed by atoms with van der Waals surface area (Å²) in [7, 11) is 0. The van der Waals surface area contributed by atoms with Gasteiger partial charge in [0.05, 0.1) is 4.92 Å². The van der Waals surface area contributed by atoms with Crippen LogP contribution in [0.1, 0.15) is 38.3 Å². The lowest BCUT2D eigenvalue weighted by Crippen LogP contribution is -2.03. The van der Waals surface area contributed by atoms with Crippen molar-refractivity contribution in [3.63, 3.8) is 0 Å². The molecule has 94 valence electrons. The molecule has 0 fully saturated rings. The summed E-state index contributed by atoms with van der Waals surface area (Å²) in [6.07, 6.45) is 1.80. The first-order valence-corrected chi connectivity index (χ1v) is 5.35. The second kappa shape index (κ2) is 5.42. The number of rotatable bonds is 6. The maximum Gasteiger partial charge on any atom is 0.310 e. The first-order chi connectivity index (χ1) is 7.91. The molecule has 0 amide bonds. The maximum absolute atomic E-state index is 10.8. The molecular weight excluding hydrogens is 226 g/mol. The van der Waals surface area contributed by atoms with Gasteiger partial charge in [0.2, 0.25) is 0 Å². The van der Waals surface area contributed by atoms with E-state index >= 15 is 0 Å². The van der Waals surface area contributed by atoms with Crippen LogP contribution in [0.3, 0.4) is 0 Å². The summed E-state index contributed by atoms with van der Waals surface area (Å²) in [6.45, 7) is 4.04. The molecule has 7 nitrogen and oxygen atoms in total. The number of aromatic nitrogens is 2. The highest BCUT2D eigenvalue weighted by molar-refractivity contribution is 5.66. The molecule has 17 heavy (non-hydrogen) atoms. The molecule has 0 unspecified atom stereocenters. The second-order valence-corrected chi connectivity index (χ2v) is 4.07. The summed E-state index contributed by atoms with van der Waals surface area (Å²) in [5.41, 5.74) is 0.431. The number of aryl methyl sites for hydroxylation is 1. The van der Waals surface area contributed by atoms with Gasteiger partial charge in [-0.2, -0.15) is 5.10 Å². The molecule has 1 N–H and O–H groups in total. The van der Waals surface area contributed by atoms with E-state index in [0.717, 1.165) is 0 Å². The van der Waals surface area contributed by atoms with Crippen molar-refractivity contribution in [2.45, 2.75) is 39.2 Å². The zero-order valence-corrected chi connectivity index (χ0v) is 9.79. The highest BCUT2D eigenvalue weighted by atomic mass is 16.6. The van der Waals surface area contributed by atoms with Gasteiger partial charge in [-0.3, -0.25) is 19.6 Å². The minimum absolute atomic E-state index is 0.00433. The molecule has 1 heterocycles. The first kappa shape index (κ1) is 13.1. The summed E-state index contributed by atoms with van der Waals surface area (Å²) in [5.74, 6) is -0.910. The summed E-state index contributed by atoms with van der Waals surface area (Å²) in [6, 6.07) is 0. The van der Waals surface area contributed by atoms with E-state index in [9.17, 15) is 14.9 Å². The lowest BCUT2D eigenvalue weighted by molar-refractivity contribution is -0.385. The second-order valence-electron chi connectivity index (χ2n) is 4.07. The van der Waals surface area contributed by atoms with Gasteiger partial charge < -0.3 is 5.11 Å². The van der Waals surface area contributed by atoms with Gasteiger partial charge >= 0.3 is 11.7 Å². The number of hydrogen-bond acceptors (Lipinski definition) is 4. The van der Waals surface area contributed by atoms with Crippen LogP contribution in [0, 0.1) is 10.1 Å².